The van der Waals surface area contributed by atoms with Crippen LogP contribution in [0.3, 0.4) is 0 Å². The van der Waals surface area contributed by atoms with Crippen molar-refractivity contribution in [3.05, 3.63) is 35.4 Å². The molecule has 1 nitrogen and oxygen atoms in total. The van der Waals surface area contributed by atoms with Gasteiger partial charge in [0.15, 0.2) is 0 Å². The molecule has 1 rings (SSSR count). The molecule has 0 radical (unpaired) electrons. The Morgan fingerprint density at radius 1 is 1.11 bits per heavy atom. The van der Waals surface area contributed by atoms with Gasteiger partial charge in [-0.05, 0) is 36.8 Å². The fourth-order valence-corrected chi connectivity index (χ4v) is 1.75. The molecule has 19 heavy (non-hydrogen) atoms. The summed E-state index contributed by atoms with van der Waals surface area (Å²) in [6, 6.07) is 7.24. The van der Waals surface area contributed by atoms with Gasteiger partial charge in [0.1, 0.15) is 8.07 Å². The van der Waals surface area contributed by atoms with Crippen molar-refractivity contribution in [2.75, 3.05) is 0 Å². The summed E-state index contributed by atoms with van der Waals surface area (Å²) >= 11 is 0. The second-order valence-electron chi connectivity index (χ2n) is 5.00. The summed E-state index contributed by atoms with van der Waals surface area (Å²) in [4.78, 5) is 12.1. The van der Waals surface area contributed by atoms with Crippen LogP contribution in [0.5, 0.6) is 0 Å². The van der Waals surface area contributed by atoms with E-state index in [9.17, 15) is 4.79 Å². The van der Waals surface area contributed by atoms with Crippen LogP contribution in [0, 0.1) is 35.1 Å². The zero-order chi connectivity index (χ0) is 14.3. The fourth-order valence-electron chi connectivity index (χ4n) is 1.26. The Kier molecular flexibility index (Phi) is 5.19. The molecule has 0 fully saturated rings. The topological polar surface area (TPSA) is 17.1 Å². The summed E-state index contributed by atoms with van der Waals surface area (Å²) in [5.74, 6) is 13.5. The average molecular weight is 264 g/mol. The summed E-state index contributed by atoms with van der Waals surface area (Å²) < 4.78 is 0. The minimum atomic E-state index is -1.54. The van der Waals surface area contributed by atoms with Gasteiger partial charge in [-0.1, -0.05) is 43.6 Å². The Bertz CT molecular complexity index is 659. The quantitative estimate of drug-likeness (QED) is 0.433. The summed E-state index contributed by atoms with van der Waals surface area (Å²) in [5.41, 5.74) is 4.31. The highest BCUT2D eigenvalue weighted by molar-refractivity contribution is 6.84. The van der Waals surface area contributed by atoms with Crippen molar-refractivity contribution >= 4 is 13.9 Å². The molecule has 0 aliphatic heterocycles. The lowest BCUT2D eigenvalue weighted by atomic mass is 10.0. The molecule has 0 aliphatic carbocycles. The third kappa shape index (κ3) is 5.30. The maximum absolute atomic E-state index is 12.1. The van der Waals surface area contributed by atoms with Gasteiger partial charge in [0, 0.05) is 11.1 Å². The Hall–Kier alpha value is -2.21. The Labute approximate surface area is 116 Å². The summed E-state index contributed by atoms with van der Waals surface area (Å²) in [6.45, 7) is 8.05. The lowest BCUT2D eigenvalue weighted by Crippen LogP contribution is -2.17. The van der Waals surface area contributed by atoms with E-state index in [1.807, 2.05) is 18.2 Å². The van der Waals surface area contributed by atoms with Gasteiger partial charge in [-0.2, -0.15) is 0 Å². The minimum Gasteiger partial charge on any atom is -0.279 e. The molecule has 1 aromatic rings. The van der Waals surface area contributed by atoms with Crippen LogP contribution in [-0.2, 0) is 0 Å². The normalized spacial score (nSPS) is 9.05. The molecule has 2 heteroatoms. The molecule has 94 valence electrons. The van der Waals surface area contributed by atoms with Crippen molar-refractivity contribution in [2.24, 2.45) is 0 Å². The van der Waals surface area contributed by atoms with Gasteiger partial charge in [-0.3, -0.25) is 4.79 Å². The Balaban J connectivity index is 3.13. The average Bonchev–Trinajstić information content (AvgIpc) is 2.36. The molecule has 0 N–H and O–H groups in total. The molecule has 0 saturated carbocycles. The van der Waals surface area contributed by atoms with E-state index in [0.717, 1.165) is 0 Å². The van der Waals surface area contributed by atoms with Gasteiger partial charge >= 0.3 is 0 Å². The predicted molar refractivity (Wildman–Crippen MR) is 82.2 cm³/mol. The molecular weight excluding hydrogens is 248 g/mol. The zero-order valence-electron chi connectivity index (χ0n) is 11.7. The second-order valence-corrected chi connectivity index (χ2v) is 9.75. The summed E-state index contributed by atoms with van der Waals surface area (Å²) in [6.07, 6.45) is 0. The molecule has 0 atom stereocenters. The third-order valence-corrected chi connectivity index (χ3v) is 2.98. The van der Waals surface area contributed by atoms with Crippen molar-refractivity contribution in [2.45, 2.75) is 26.6 Å². The first-order valence-electron chi connectivity index (χ1n) is 6.03. The van der Waals surface area contributed by atoms with Crippen LogP contribution in [0.2, 0.25) is 19.6 Å². The second kappa shape index (κ2) is 6.65. The van der Waals surface area contributed by atoms with Gasteiger partial charge in [0.25, 0.3) is 0 Å². The standard InChI is InChI=1S/C17H16OSi/c1-5-6-7-10-15-11-8-9-12-16(15)17(18)13-14-19(2,3)4/h8-9,11-12H,1-4H3. The maximum atomic E-state index is 12.1. The number of hydrogen-bond acceptors (Lipinski definition) is 1. The third-order valence-electron chi connectivity index (χ3n) is 2.11. The van der Waals surface area contributed by atoms with Crippen molar-refractivity contribution in [1.29, 1.82) is 0 Å². The first kappa shape index (κ1) is 14.8. The monoisotopic (exact) mass is 264 g/mol. The molecule has 0 amide bonds. The number of carbonyl (C=O) groups is 1. The maximum Gasteiger partial charge on any atom is 0.236 e. The van der Waals surface area contributed by atoms with Gasteiger partial charge in [0.05, 0.1) is 0 Å². The molecule has 0 aliphatic rings. The number of rotatable bonds is 1. The van der Waals surface area contributed by atoms with E-state index in [1.54, 1.807) is 13.0 Å². The number of Topliss-reactive ketones (excluding diaryl/α,β-unsaturated/α-hetero) is 1. The SMILES string of the molecule is CC#CC#Cc1ccccc1C(=O)C#C[Si](C)(C)C. The van der Waals surface area contributed by atoms with E-state index in [0.29, 0.717) is 11.1 Å². The number of hydrogen-bond donors (Lipinski definition) is 0. The highest BCUT2D eigenvalue weighted by Crippen LogP contribution is 2.08. The summed E-state index contributed by atoms with van der Waals surface area (Å²) in [5, 5.41) is 0. The predicted octanol–water partition coefficient (Wildman–Crippen LogP) is 3.12. The van der Waals surface area contributed by atoms with Crippen LogP contribution >= 0.6 is 0 Å². The molecule has 0 bridgehead atoms. The van der Waals surface area contributed by atoms with Crippen LogP contribution in [0.1, 0.15) is 22.8 Å². The number of carbonyl (C=O) groups excluding carboxylic acids is 1. The van der Waals surface area contributed by atoms with E-state index in [2.05, 4.69) is 54.8 Å². The molecule has 0 saturated heterocycles. The van der Waals surface area contributed by atoms with Crippen molar-refractivity contribution in [3.63, 3.8) is 0 Å². The van der Waals surface area contributed by atoms with E-state index in [4.69, 9.17) is 0 Å². The van der Waals surface area contributed by atoms with E-state index in [1.165, 1.54) is 0 Å². The lowest BCUT2D eigenvalue weighted by Gasteiger charge is -2.03. The smallest absolute Gasteiger partial charge is 0.236 e. The molecule has 0 heterocycles. The van der Waals surface area contributed by atoms with Gasteiger partial charge in [0.2, 0.25) is 5.78 Å². The van der Waals surface area contributed by atoms with Crippen molar-refractivity contribution < 1.29 is 4.79 Å². The fraction of sp³-hybridized carbons (Fsp3) is 0.235. The van der Waals surface area contributed by atoms with Crippen LogP contribution in [0.15, 0.2) is 24.3 Å². The molecule has 0 aromatic heterocycles. The van der Waals surface area contributed by atoms with Gasteiger partial charge < -0.3 is 0 Å². The van der Waals surface area contributed by atoms with Crippen LogP contribution in [0.25, 0.3) is 0 Å². The first-order chi connectivity index (χ1) is 8.94. The van der Waals surface area contributed by atoms with Gasteiger partial charge in [-0.15, -0.1) is 5.54 Å². The molecule has 0 spiro atoms. The molecule has 0 unspecified atom stereocenters. The van der Waals surface area contributed by atoms with Crippen LogP contribution in [0.4, 0.5) is 0 Å². The first-order valence-corrected chi connectivity index (χ1v) is 9.53. The lowest BCUT2D eigenvalue weighted by molar-refractivity contribution is 0.105. The Morgan fingerprint density at radius 2 is 1.79 bits per heavy atom. The molecular formula is C17H16OSi. The van der Waals surface area contributed by atoms with Crippen LogP contribution < -0.4 is 0 Å². The van der Waals surface area contributed by atoms with E-state index in [-0.39, 0.29) is 5.78 Å². The highest BCUT2D eigenvalue weighted by Gasteiger charge is 2.10. The Morgan fingerprint density at radius 3 is 2.42 bits per heavy atom. The van der Waals surface area contributed by atoms with Crippen molar-refractivity contribution in [1.82, 2.24) is 0 Å². The van der Waals surface area contributed by atoms with Crippen LogP contribution in [-0.4, -0.2) is 13.9 Å². The number of benzene rings is 1. The van der Waals surface area contributed by atoms with E-state index < -0.39 is 8.07 Å². The minimum absolute atomic E-state index is 0.170. The summed E-state index contributed by atoms with van der Waals surface area (Å²) in [7, 11) is -1.54. The highest BCUT2D eigenvalue weighted by atomic mass is 28.3. The van der Waals surface area contributed by atoms with Gasteiger partial charge in [-0.25, -0.2) is 0 Å². The zero-order valence-corrected chi connectivity index (χ0v) is 12.7. The largest absolute Gasteiger partial charge is 0.279 e. The number of ketones is 1. The van der Waals surface area contributed by atoms with E-state index >= 15 is 0 Å². The molecule has 1 aromatic carbocycles. The van der Waals surface area contributed by atoms with Crippen molar-refractivity contribution in [3.8, 4) is 35.1 Å².